The molecule has 2 rings (SSSR count). The zero-order valence-electron chi connectivity index (χ0n) is 17.4. The molecule has 0 aromatic heterocycles. The fraction of sp³-hybridized carbons (Fsp3) is 1.00. The molecule has 0 unspecified atom stereocenters. The molecular weight excluding hydrogens is 331 g/mol. The number of rotatable bonds is 6. The molecule has 3 nitrogen and oxygen atoms in total. The average molecular weight is 371 g/mol. The Hall–Kier alpha value is 0.805. The highest BCUT2D eigenvalue weighted by Crippen LogP contribution is 2.57. The van der Waals surface area contributed by atoms with Gasteiger partial charge in [0.25, 0.3) is 0 Å². The summed E-state index contributed by atoms with van der Waals surface area (Å²) in [5.41, 5.74) is 3.14. The van der Waals surface area contributed by atoms with Gasteiger partial charge in [0.1, 0.15) is 0 Å². The maximum absolute atomic E-state index is 2.95. The minimum atomic E-state index is -0.0700. The second kappa shape index (κ2) is 9.14. The molecule has 0 aromatic rings. The van der Waals surface area contributed by atoms with Crippen molar-refractivity contribution < 1.29 is 0 Å². The topological polar surface area (TPSA) is 9.72 Å². The van der Waals surface area contributed by atoms with Crippen molar-refractivity contribution in [1.29, 1.82) is 0 Å². The van der Waals surface area contributed by atoms with Gasteiger partial charge in [-0.05, 0) is 77.8 Å². The summed E-state index contributed by atoms with van der Waals surface area (Å²) in [6, 6.07) is 0. The van der Waals surface area contributed by atoms with Gasteiger partial charge in [0.2, 0.25) is 0 Å². The molecule has 2 saturated heterocycles. The Morgan fingerprint density at radius 2 is 0.917 bits per heavy atom. The van der Waals surface area contributed by atoms with E-state index in [0.29, 0.717) is 7.12 Å². The van der Waals surface area contributed by atoms with Crippen LogP contribution in [0.3, 0.4) is 0 Å². The first-order valence-electron chi connectivity index (χ1n) is 10.1. The Balaban J connectivity index is 2.34. The Morgan fingerprint density at radius 1 is 0.583 bits per heavy atom. The van der Waals surface area contributed by atoms with Crippen LogP contribution >= 0.6 is 16.1 Å². The maximum Gasteiger partial charge on any atom is 0.410 e. The predicted octanol–water partition coefficient (Wildman–Crippen LogP) is 5.11. The molecule has 140 valence electrons. The van der Waals surface area contributed by atoms with Crippen LogP contribution in [0.25, 0.3) is 0 Å². The number of nitrogens with zero attached hydrogens (tertiary/aromatic N) is 3. The summed E-state index contributed by atoms with van der Waals surface area (Å²) >= 11 is 0. The second-order valence-electron chi connectivity index (χ2n) is 8.55. The van der Waals surface area contributed by atoms with Crippen molar-refractivity contribution in [3.63, 3.8) is 0 Å². The van der Waals surface area contributed by atoms with Crippen LogP contribution in [0.5, 0.6) is 0 Å². The quantitative estimate of drug-likeness (QED) is 0.474. The summed E-state index contributed by atoms with van der Waals surface area (Å²) in [7, 11) is 0.443. The minimum absolute atomic E-state index is 0.0700. The van der Waals surface area contributed by atoms with E-state index < -0.39 is 0 Å². The number of fused-ring (bicyclic) bond motifs is 1. The predicted molar refractivity (Wildman–Crippen MR) is 114 cm³/mol. The summed E-state index contributed by atoms with van der Waals surface area (Å²) < 4.78 is 5.90. The molecule has 0 radical (unpaired) electrons. The lowest BCUT2D eigenvalue weighted by Gasteiger charge is -2.56. The van der Waals surface area contributed by atoms with Gasteiger partial charge in [0, 0.05) is 0 Å². The molecule has 0 amide bonds. The van der Waals surface area contributed by atoms with Gasteiger partial charge in [0.05, 0.1) is 0 Å². The molecule has 0 aliphatic carbocycles. The second-order valence-corrected chi connectivity index (χ2v) is 15.2. The Bertz CT molecular complexity index is 342. The van der Waals surface area contributed by atoms with Crippen LogP contribution in [-0.4, -0.2) is 69.9 Å². The van der Waals surface area contributed by atoms with Gasteiger partial charge in [-0.25, -0.2) is 0 Å². The van der Waals surface area contributed by atoms with Crippen LogP contribution < -0.4 is 0 Å². The fourth-order valence-corrected chi connectivity index (χ4v) is 11.4. The highest BCUT2D eigenvalue weighted by atomic mass is 31.1. The molecule has 0 saturated carbocycles. The normalized spacial score (nSPS) is 22.0. The first-order valence-corrected chi connectivity index (χ1v) is 13.0. The molecular formula is C18H40BN3P2. The highest BCUT2D eigenvalue weighted by Gasteiger charge is 2.48. The molecule has 2 fully saturated rings. The Morgan fingerprint density at radius 3 is 1.21 bits per heavy atom. The van der Waals surface area contributed by atoms with Gasteiger partial charge >= 0.3 is 7.12 Å². The van der Waals surface area contributed by atoms with E-state index in [1.807, 2.05) is 0 Å². The molecule has 2 heterocycles. The van der Waals surface area contributed by atoms with E-state index in [-0.39, 0.29) is 16.1 Å². The molecule has 6 heteroatoms. The van der Waals surface area contributed by atoms with E-state index in [2.05, 4.69) is 69.4 Å². The van der Waals surface area contributed by atoms with Gasteiger partial charge in [-0.3, -0.25) is 9.16 Å². The average Bonchev–Trinajstić information content (AvgIpc) is 2.46. The third kappa shape index (κ3) is 4.55. The zero-order valence-corrected chi connectivity index (χ0v) is 19.2. The zero-order chi connectivity index (χ0) is 18.0. The molecule has 2 aliphatic rings. The lowest BCUT2D eigenvalue weighted by molar-refractivity contribution is 0.273. The standard InChI is InChI=1S/C18H40BN3P2/c1-15(2)23(16(3)4)21-13-9-11-20-12-10-14-22(19(20)21)24(17(5)6)18(7)8/h15-18H,9-14H2,1-8H3. The molecule has 0 spiro atoms. The SMILES string of the molecule is CC(C)P(C(C)C)N1CCCN2CCCN(P(C(C)C)C(C)C)B21. The maximum atomic E-state index is 2.95. The van der Waals surface area contributed by atoms with Crippen molar-refractivity contribution in [2.45, 2.75) is 90.9 Å². The first-order chi connectivity index (χ1) is 11.3. The van der Waals surface area contributed by atoms with Crippen molar-refractivity contribution in [3.8, 4) is 0 Å². The summed E-state index contributed by atoms with van der Waals surface area (Å²) in [5, 5.41) is 0. The van der Waals surface area contributed by atoms with E-state index in [0.717, 1.165) is 22.6 Å². The molecule has 0 aromatic carbocycles. The molecule has 2 aliphatic heterocycles. The third-order valence-corrected chi connectivity index (χ3v) is 11.5. The van der Waals surface area contributed by atoms with Crippen LogP contribution in [0.2, 0.25) is 0 Å². The van der Waals surface area contributed by atoms with Gasteiger partial charge in [0.15, 0.2) is 0 Å². The van der Waals surface area contributed by atoms with Gasteiger partial charge in [-0.15, -0.1) is 0 Å². The van der Waals surface area contributed by atoms with Gasteiger partial charge in [-0.2, -0.15) is 0 Å². The third-order valence-electron chi connectivity index (χ3n) is 5.23. The highest BCUT2D eigenvalue weighted by molar-refractivity contribution is 7.60. The smallest absolute Gasteiger partial charge is 0.313 e. The summed E-state index contributed by atoms with van der Waals surface area (Å²) in [4.78, 5) is 2.81. The van der Waals surface area contributed by atoms with Gasteiger partial charge < -0.3 is 4.81 Å². The van der Waals surface area contributed by atoms with Crippen molar-refractivity contribution in [2.75, 3.05) is 26.2 Å². The van der Waals surface area contributed by atoms with Crippen LogP contribution in [0.4, 0.5) is 0 Å². The molecule has 0 N–H and O–H groups in total. The largest absolute Gasteiger partial charge is 0.410 e. The fourth-order valence-electron chi connectivity index (χ4n) is 4.82. The lowest BCUT2D eigenvalue weighted by Crippen LogP contribution is -2.67. The van der Waals surface area contributed by atoms with Crippen LogP contribution in [0.1, 0.15) is 68.2 Å². The lowest BCUT2D eigenvalue weighted by atomic mass is 9.83. The molecule has 24 heavy (non-hydrogen) atoms. The van der Waals surface area contributed by atoms with Crippen molar-refractivity contribution >= 4 is 23.3 Å². The summed E-state index contributed by atoms with van der Waals surface area (Å²) in [6.07, 6.45) is 2.70. The first kappa shape index (κ1) is 21.1. The van der Waals surface area contributed by atoms with E-state index in [1.54, 1.807) is 0 Å². The van der Waals surface area contributed by atoms with Crippen LogP contribution in [-0.2, 0) is 0 Å². The Labute approximate surface area is 154 Å². The monoisotopic (exact) mass is 371 g/mol. The Kier molecular flexibility index (Phi) is 8.04. The summed E-state index contributed by atoms with van der Waals surface area (Å²) in [5.74, 6) is 0. The van der Waals surface area contributed by atoms with Crippen molar-refractivity contribution in [1.82, 2.24) is 14.0 Å². The van der Waals surface area contributed by atoms with E-state index in [1.165, 1.54) is 39.0 Å². The molecule has 0 atom stereocenters. The van der Waals surface area contributed by atoms with Gasteiger partial charge in [-0.1, -0.05) is 55.4 Å². The number of hydrogen-bond acceptors (Lipinski definition) is 3. The summed E-state index contributed by atoms with van der Waals surface area (Å²) in [6.45, 7) is 24.8. The van der Waals surface area contributed by atoms with Crippen molar-refractivity contribution in [3.05, 3.63) is 0 Å². The number of hydrogen-bond donors (Lipinski definition) is 0. The van der Waals surface area contributed by atoms with Crippen LogP contribution in [0.15, 0.2) is 0 Å². The van der Waals surface area contributed by atoms with E-state index in [9.17, 15) is 0 Å². The van der Waals surface area contributed by atoms with Crippen LogP contribution in [0, 0.1) is 0 Å². The van der Waals surface area contributed by atoms with E-state index >= 15 is 0 Å². The minimum Gasteiger partial charge on any atom is -0.313 e. The van der Waals surface area contributed by atoms with E-state index in [4.69, 9.17) is 0 Å². The van der Waals surface area contributed by atoms with Crippen molar-refractivity contribution in [2.24, 2.45) is 0 Å². The molecule has 0 bridgehead atoms.